The predicted molar refractivity (Wildman–Crippen MR) is 71.0 cm³/mol. The molecule has 104 valence electrons. The Hall–Kier alpha value is -0.860. The molecule has 0 spiro atoms. The number of carbonyl (C=O) groups is 2. The highest BCUT2D eigenvalue weighted by atomic mass is 16.2. The van der Waals surface area contributed by atoms with Crippen LogP contribution in [0, 0.1) is 35.0 Å². The van der Waals surface area contributed by atoms with Gasteiger partial charge in [0.1, 0.15) is 0 Å². The summed E-state index contributed by atoms with van der Waals surface area (Å²) in [6, 6.07) is 0. The van der Waals surface area contributed by atoms with Crippen LogP contribution >= 0.6 is 0 Å². The van der Waals surface area contributed by atoms with Crippen LogP contribution in [0.25, 0.3) is 0 Å². The van der Waals surface area contributed by atoms with E-state index in [4.69, 9.17) is 0 Å². The Morgan fingerprint density at radius 1 is 1.05 bits per heavy atom. The van der Waals surface area contributed by atoms with E-state index in [0.29, 0.717) is 17.8 Å². The monoisotopic (exact) mass is 261 g/mol. The number of nitrogens with one attached hydrogen (secondary N) is 1. The van der Waals surface area contributed by atoms with Crippen molar-refractivity contribution < 1.29 is 9.59 Å². The molecule has 2 amide bonds. The number of hydrogen-bond donors (Lipinski definition) is 1. The second kappa shape index (κ2) is 3.83. The summed E-state index contributed by atoms with van der Waals surface area (Å²) >= 11 is 0. The second-order valence-corrected chi connectivity index (χ2v) is 7.79. The van der Waals surface area contributed by atoms with Crippen LogP contribution in [-0.4, -0.2) is 11.8 Å². The topological polar surface area (TPSA) is 46.2 Å². The minimum Gasteiger partial charge on any atom is -0.296 e. The van der Waals surface area contributed by atoms with Crippen molar-refractivity contribution in [1.82, 2.24) is 5.32 Å². The molecule has 0 aromatic heterocycles. The van der Waals surface area contributed by atoms with E-state index in [2.05, 4.69) is 12.2 Å². The number of imide groups is 1. The summed E-state index contributed by atoms with van der Waals surface area (Å²) in [5.41, 5.74) is 0.376. The van der Waals surface area contributed by atoms with E-state index in [9.17, 15) is 9.59 Å². The first-order valence-corrected chi connectivity index (χ1v) is 7.89. The van der Waals surface area contributed by atoms with Crippen molar-refractivity contribution >= 4 is 11.8 Å². The van der Waals surface area contributed by atoms with Crippen molar-refractivity contribution in [3.8, 4) is 0 Å². The average Bonchev–Trinajstić information content (AvgIpc) is 2.65. The van der Waals surface area contributed by atoms with Crippen LogP contribution < -0.4 is 5.32 Å². The molecule has 4 bridgehead atoms. The van der Waals surface area contributed by atoms with Crippen molar-refractivity contribution in [2.75, 3.05) is 0 Å². The van der Waals surface area contributed by atoms with Gasteiger partial charge in [0.2, 0.25) is 11.8 Å². The molecule has 5 fully saturated rings. The first-order valence-electron chi connectivity index (χ1n) is 7.89. The second-order valence-electron chi connectivity index (χ2n) is 7.79. The highest BCUT2D eigenvalue weighted by molar-refractivity contribution is 6.03. The smallest absolute Gasteiger partial charge is 0.230 e. The molecule has 2 atom stereocenters. The summed E-state index contributed by atoms with van der Waals surface area (Å²) in [5.74, 6) is 2.99. The zero-order valence-corrected chi connectivity index (χ0v) is 11.7. The van der Waals surface area contributed by atoms with Gasteiger partial charge in [-0.3, -0.25) is 14.9 Å². The molecule has 5 rings (SSSR count). The molecule has 19 heavy (non-hydrogen) atoms. The van der Waals surface area contributed by atoms with Gasteiger partial charge in [0.25, 0.3) is 0 Å². The first-order chi connectivity index (χ1) is 9.06. The van der Waals surface area contributed by atoms with Gasteiger partial charge in [0.15, 0.2) is 0 Å². The summed E-state index contributed by atoms with van der Waals surface area (Å²) in [7, 11) is 0. The number of amides is 2. The molecule has 4 saturated carbocycles. The third-order valence-corrected chi connectivity index (χ3v) is 6.66. The normalized spacial score (nSPS) is 49.5. The molecule has 3 nitrogen and oxygen atoms in total. The molecule has 0 aromatic carbocycles. The maximum atomic E-state index is 12.0. The molecule has 0 aromatic rings. The third kappa shape index (κ3) is 1.70. The summed E-state index contributed by atoms with van der Waals surface area (Å²) in [6.07, 6.45) is 8.68. The largest absolute Gasteiger partial charge is 0.296 e. The van der Waals surface area contributed by atoms with Gasteiger partial charge in [-0.1, -0.05) is 6.92 Å². The Labute approximate surface area is 114 Å². The van der Waals surface area contributed by atoms with Crippen molar-refractivity contribution in [2.24, 2.45) is 35.0 Å². The fourth-order valence-corrected chi connectivity index (χ4v) is 6.14. The molecule has 0 radical (unpaired) electrons. The van der Waals surface area contributed by atoms with Crippen molar-refractivity contribution in [2.45, 2.75) is 51.9 Å². The van der Waals surface area contributed by atoms with Crippen molar-refractivity contribution in [3.63, 3.8) is 0 Å². The van der Waals surface area contributed by atoms with Crippen LogP contribution in [0.3, 0.4) is 0 Å². The lowest BCUT2D eigenvalue weighted by Crippen LogP contribution is -2.51. The summed E-state index contributed by atoms with van der Waals surface area (Å²) in [6.45, 7) is 2.25. The molecule has 4 aliphatic carbocycles. The van der Waals surface area contributed by atoms with Gasteiger partial charge in [-0.05, 0) is 67.6 Å². The van der Waals surface area contributed by atoms with E-state index < -0.39 is 0 Å². The Balaban J connectivity index is 1.61. The zero-order valence-electron chi connectivity index (χ0n) is 11.7. The van der Waals surface area contributed by atoms with Crippen LogP contribution in [0.1, 0.15) is 51.9 Å². The molecule has 1 saturated heterocycles. The minimum absolute atomic E-state index is 0.00625. The van der Waals surface area contributed by atoms with E-state index in [1.54, 1.807) is 0 Å². The van der Waals surface area contributed by atoms with Gasteiger partial charge >= 0.3 is 0 Å². The maximum Gasteiger partial charge on any atom is 0.230 e. The lowest BCUT2D eigenvalue weighted by molar-refractivity contribution is -0.132. The molecule has 1 N–H and O–H groups in total. The lowest BCUT2D eigenvalue weighted by Gasteiger charge is -2.59. The summed E-state index contributed by atoms with van der Waals surface area (Å²) < 4.78 is 0. The van der Waals surface area contributed by atoms with E-state index in [1.165, 1.54) is 38.5 Å². The summed E-state index contributed by atoms with van der Waals surface area (Å²) in [5, 5.41) is 2.50. The average molecular weight is 261 g/mol. The zero-order chi connectivity index (χ0) is 13.2. The van der Waals surface area contributed by atoms with Gasteiger partial charge < -0.3 is 0 Å². The molecular weight excluding hydrogens is 238 g/mol. The van der Waals surface area contributed by atoms with Crippen LogP contribution in [0.15, 0.2) is 0 Å². The summed E-state index contributed by atoms with van der Waals surface area (Å²) in [4.78, 5) is 23.5. The molecule has 2 unspecified atom stereocenters. The van der Waals surface area contributed by atoms with E-state index >= 15 is 0 Å². The van der Waals surface area contributed by atoms with Crippen molar-refractivity contribution in [3.05, 3.63) is 0 Å². The highest BCUT2D eigenvalue weighted by Gasteiger charge is 2.55. The molecule has 1 heterocycles. The minimum atomic E-state index is -0.0634. The Morgan fingerprint density at radius 3 is 2.00 bits per heavy atom. The van der Waals surface area contributed by atoms with Gasteiger partial charge in [-0.2, -0.15) is 0 Å². The maximum absolute atomic E-state index is 12.0. The number of rotatable bonds is 2. The standard InChI is InChI=1S/C16H23NO2/c1-9(13-5-14(18)17-15(13)19)16-6-10-2-11(7-16)4-12(3-10)8-16/h9-13H,2-8H2,1H3,(H,17,18,19). The van der Waals surface area contributed by atoms with Crippen molar-refractivity contribution in [1.29, 1.82) is 0 Å². The van der Waals surface area contributed by atoms with Gasteiger partial charge in [0.05, 0.1) is 5.92 Å². The van der Waals surface area contributed by atoms with Crippen LogP contribution in [0.4, 0.5) is 0 Å². The third-order valence-electron chi connectivity index (χ3n) is 6.66. The molecule has 5 aliphatic rings. The fourth-order valence-electron chi connectivity index (χ4n) is 6.14. The van der Waals surface area contributed by atoms with Gasteiger partial charge in [0, 0.05) is 6.42 Å². The molecular formula is C16H23NO2. The van der Waals surface area contributed by atoms with Gasteiger partial charge in [-0.15, -0.1) is 0 Å². The van der Waals surface area contributed by atoms with Crippen LogP contribution in [0.5, 0.6) is 0 Å². The van der Waals surface area contributed by atoms with Gasteiger partial charge in [-0.25, -0.2) is 0 Å². The Morgan fingerprint density at radius 2 is 1.58 bits per heavy atom. The van der Waals surface area contributed by atoms with E-state index in [1.807, 2.05) is 0 Å². The SMILES string of the molecule is CC(C1CC(=O)NC1=O)C12CC3CC(CC(C3)C1)C2. The van der Waals surface area contributed by atoms with Crippen LogP contribution in [0.2, 0.25) is 0 Å². The Bertz CT molecular complexity index is 407. The quantitative estimate of drug-likeness (QED) is 0.776. The fraction of sp³-hybridized carbons (Fsp3) is 0.875. The lowest BCUT2D eigenvalue weighted by atomic mass is 9.45. The van der Waals surface area contributed by atoms with E-state index in [-0.39, 0.29) is 17.7 Å². The molecule has 3 heteroatoms. The predicted octanol–water partition coefficient (Wildman–Crippen LogP) is 2.50. The van der Waals surface area contributed by atoms with Crippen LogP contribution in [-0.2, 0) is 9.59 Å². The first kappa shape index (κ1) is 11.9. The Kier molecular flexibility index (Phi) is 2.40. The number of carbonyl (C=O) groups excluding carboxylic acids is 2. The van der Waals surface area contributed by atoms with E-state index in [0.717, 1.165) is 17.8 Å². The number of hydrogen-bond acceptors (Lipinski definition) is 2. The highest BCUT2D eigenvalue weighted by Crippen LogP contribution is 2.64. The molecule has 1 aliphatic heterocycles.